The molecule has 0 radical (unpaired) electrons. The minimum absolute atomic E-state index is 0.294. The minimum atomic E-state index is -0.294. The summed E-state index contributed by atoms with van der Waals surface area (Å²) in [5.41, 5.74) is 4.54. The lowest BCUT2D eigenvalue weighted by atomic mass is 10.1. The first-order chi connectivity index (χ1) is 16.4. The highest BCUT2D eigenvalue weighted by Crippen LogP contribution is 2.29. The Morgan fingerprint density at radius 3 is 2.68 bits per heavy atom. The van der Waals surface area contributed by atoms with Gasteiger partial charge in [0, 0.05) is 32.9 Å². The van der Waals surface area contributed by atoms with Crippen LogP contribution in [-0.2, 0) is 4.79 Å². The van der Waals surface area contributed by atoms with Crippen molar-refractivity contribution in [3.05, 3.63) is 100 Å². The molecule has 5 rings (SSSR count). The van der Waals surface area contributed by atoms with Crippen LogP contribution in [0.15, 0.2) is 87.7 Å². The molecule has 3 aromatic carbocycles. The van der Waals surface area contributed by atoms with Gasteiger partial charge in [-0.2, -0.15) is 0 Å². The summed E-state index contributed by atoms with van der Waals surface area (Å²) in [6.45, 7) is 1.94. The Morgan fingerprint density at radius 2 is 1.82 bits per heavy atom. The lowest BCUT2D eigenvalue weighted by Gasteiger charge is -2.03. The zero-order valence-corrected chi connectivity index (χ0v) is 19.5. The van der Waals surface area contributed by atoms with Crippen molar-refractivity contribution in [3.63, 3.8) is 0 Å². The molecule has 0 bridgehead atoms. The maximum absolute atomic E-state index is 12.5. The number of hydrogen-bond donors (Lipinski definition) is 1. The van der Waals surface area contributed by atoms with Crippen LogP contribution in [0.5, 0.6) is 0 Å². The summed E-state index contributed by atoms with van der Waals surface area (Å²) < 4.78 is 11.6. The van der Waals surface area contributed by atoms with Crippen LogP contribution in [0.25, 0.3) is 40.0 Å². The van der Waals surface area contributed by atoms with Crippen molar-refractivity contribution in [3.8, 4) is 22.8 Å². The van der Waals surface area contributed by atoms with E-state index in [1.54, 1.807) is 42.5 Å². The molecular weight excluding hydrogens is 471 g/mol. The molecule has 5 nitrogen and oxygen atoms in total. The largest absolute Gasteiger partial charge is 0.457 e. The molecule has 1 amide bonds. The molecule has 0 fully saturated rings. The molecule has 0 atom stereocenters. The van der Waals surface area contributed by atoms with Crippen molar-refractivity contribution < 1.29 is 13.6 Å². The van der Waals surface area contributed by atoms with Crippen molar-refractivity contribution in [2.75, 3.05) is 5.32 Å². The van der Waals surface area contributed by atoms with Crippen LogP contribution in [0.4, 0.5) is 5.69 Å². The summed E-state index contributed by atoms with van der Waals surface area (Å²) in [6, 6.07) is 21.9. The smallest absolute Gasteiger partial charge is 0.248 e. The van der Waals surface area contributed by atoms with Gasteiger partial charge in [0.2, 0.25) is 11.8 Å². The lowest BCUT2D eigenvalue weighted by Crippen LogP contribution is -2.07. The molecule has 0 aliphatic carbocycles. The van der Waals surface area contributed by atoms with E-state index < -0.39 is 0 Å². The van der Waals surface area contributed by atoms with E-state index >= 15 is 0 Å². The molecule has 0 aliphatic rings. The molecule has 2 heterocycles. The van der Waals surface area contributed by atoms with E-state index in [0.29, 0.717) is 44.2 Å². The normalized spacial score (nSPS) is 11.4. The van der Waals surface area contributed by atoms with Gasteiger partial charge in [-0.3, -0.25) is 4.79 Å². The van der Waals surface area contributed by atoms with Crippen molar-refractivity contribution in [2.45, 2.75) is 6.92 Å². The number of fused-ring (bicyclic) bond motifs is 1. The summed E-state index contributed by atoms with van der Waals surface area (Å²) in [5.74, 6) is 1.39. The van der Waals surface area contributed by atoms with E-state index in [-0.39, 0.29) is 5.91 Å². The molecule has 34 heavy (non-hydrogen) atoms. The van der Waals surface area contributed by atoms with Gasteiger partial charge < -0.3 is 14.2 Å². The Hall–Kier alpha value is -3.80. The Bertz CT molecular complexity index is 1550. The van der Waals surface area contributed by atoms with Gasteiger partial charge in [-0.25, -0.2) is 4.98 Å². The van der Waals surface area contributed by atoms with Gasteiger partial charge in [-0.1, -0.05) is 41.4 Å². The maximum atomic E-state index is 12.5. The van der Waals surface area contributed by atoms with Crippen LogP contribution in [0.3, 0.4) is 0 Å². The Balaban J connectivity index is 1.28. The predicted molar refractivity (Wildman–Crippen MR) is 136 cm³/mol. The summed E-state index contributed by atoms with van der Waals surface area (Å²) in [5, 5.41) is 4.11. The number of amides is 1. The van der Waals surface area contributed by atoms with E-state index in [4.69, 9.17) is 32.0 Å². The summed E-state index contributed by atoms with van der Waals surface area (Å²) in [7, 11) is 0. The number of furan rings is 1. The molecule has 0 spiro atoms. The van der Waals surface area contributed by atoms with Crippen molar-refractivity contribution in [2.24, 2.45) is 0 Å². The average molecular weight is 489 g/mol. The van der Waals surface area contributed by atoms with Crippen LogP contribution in [0.2, 0.25) is 10.0 Å². The highest BCUT2D eigenvalue weighted by atomic mass is 35.5. The second-order valence-corrected chi connectivity index (χ2v) is 8.54. The summed E-state index contributed by atoms with van der Waals surface area (Å²) in [4.78, 5) is 16.9. The molecule has 7 heteroatoms. The fraction of sp³-hybridized carbons (Fsp3) is 0.0370. The van der Waals surface area contributed by atoms with Gasteiger partial charge in [0.25, 0.3) is 0 Å². The third kappa shape index (κ3) is 4.76. The number of benzene rings is 3. The molecule has 0 saturated heterocycles. The van der Waals surface area contributed by atoms with E-state index in [1.165, 1.54) is 6.08 Å². The Morgan fingerprint density at radius 1 is 0.941 bits per heavy atom. The van der Waals surface area contributed by atoms with E-state index in [2.05, 4.69) is 10.3 Å². The van der Waals surface area contributed by atoms with E-state index in [0.717, 1.165) is 16.7 Å². The minimum Gasteiger partial charge on any atom is -0.457 e. The van der Waals surface area contributed by atoms with Gasteiger partial charge in [0.1, 0.15) is 17.0 Å². The lowest BCUT2D eigenvalue weighted by molar-refractivity contribution is -0.111. The predicted octanol–water partition coefficient (Wildman–Crippen LogP) is 8.02. The number of carbonyl (C=O) groups is 1. The fourth-order valence-electron chi connectivity index (χ4n) is 3.44. The first-order valence-electron chi connectivity index (χ1n) is 10.5. The van der Waals surface area contributed by atoms with Crippen LogP contribution >= 0.6 is 23.2 Å². The second-order valence-electron chi connectivity index (χ2n) is 7.70. The van der Waals surface area contributed by atoms with Crippen molar-refractivity contribution >= 4 is 52.0 Å². The molecule has 5 aromatic rings. The molecular formula is C27H18Cl2N2O3. The number of halogens is 2. The number of aryl methyl sites for hydroxylation is 1. The van der Waals surface area contributed by atoms with Gasteiger partial charge in [-0.15, -0.1) is 0 Å². The first kappa shape index (κ1) is 22.0. The highest BCUT2D eigenvalue weighted by Gasteiger charge is 2.10. The van der Waals surface area contributed by atoms with E-state index in [9.17, 15) is 4.79 Å². The Labute approximate surface area is 205 Å². The fourth-order valence-corrected chi connectivity index (χ4v) is 3.79. The number of nitrogens with one attached hydrogen (secondary N) is 1. The van der Waals surface area contributed by atoms with Crippen LogP contribution in [-0.4, -0.2) is 10.9 Å². The number of aromatic nitrogens is 1. The quantitative estimate of drug-likeness (QED) is 0.254. The average Bonchev–Trinajstić information content (AvgIpc) is 3.47. The SMILES string of the molecule is Cc1ccc(-c2ccc(C=CC(=O)Nc3cccc(-c4nc5cc(Cl)ccc5o4)c3)o2)cc1Cl. The Kier molecular flexibility index (Phi) is 5.97. The molecule has 1 N–H and O–H groups in total. The van der Waals surface area contributed by atoms with Crippen LogP contribution < -0.4 is 5.32 Å². The third-order valence-electron chi connectivity index (χ3n) is 5.21. The van der Waals surface area contributed by atoms with E-state index in [1.807, 2.05) is 43.3 Å². The number of hydrogen-bond acceptors (Lipinski definition) is 4. The maximum Gasteiger partial charge on any atom is 0.248 e. The number of anilines is 1. The van der Waals surface area contributed by atoms with Gasteiger partial charge in [0.15, 0.2) is 5.58 Å². The van der Waals surface area contributed by atoms with Gasteiger partial charge in [0.05, 0.1) is 0 Å². The van der Waals surface area contributed by atoms with Crippen LogP contribution in [0.1, 0.15) is 11.3 Å². The highest BCUT2D eigenvalue weighted by molar-refractivity contribution is 6.31. The van der Waals surface area contributed by atoms with Crippen molar-refractivity contribution in [1.82, 2.24) is 4.98 Å². The third-order valence-corrected chi connectivity index (χ3v) is 5.85. The first-order valence-corrected chi connectivity index (χ1v) is 11.2. The number of oxazole rings is 1. The molecule has 0 aliphatic heterocycles. The second kappa shape index (κ2) is 9.21. The van der Waals surface area contributed by atoms with Crippen LogP contribution in [0, 0.1) is 6.92 Å². The van der Waals surface area contributed by atoms with Gasteiger partial charge in [-0.05, 0) is 73.2 Å². The number of rotatable bonds is 5. The zero-order valence-electron chi connectivity index (χ0n) is 18.0. The topological polar surface area (TPSA) is 68.3 Å². The molecule has 2 aromatic heterocycles. The molecule has 168 valence electrons. The molecule has 0 saturated carbocycles. The molecule has 0 unspecified atom stereocenters. The standard InChI is InChI=1S/C27H18Cl2N2O3/c1-16-5-6-17(14-22(16)29)24-11-8-21(33-24)9-12-26(32)30-20-4-2-3-18(13-20)27-31-23-15-19(28)7-10-25(23)34-27/h2-15H,1H3,(H,30,32). The van der Waals surface area contributed by atoms with Crippen molar-refractivity contribution in [1.29, 1.82) is 0 Å². The summed E-state index contributed by atoms with van der Waals surface area (Å²) in [6.07, 6.45) is 3.03. The zero-order chi connectivity index (χ0) is 23.7. The monoisotopic (exact) mass is 488 g/mol. The number of carbonyl (C=O) groups excluding carboxylic acids is 1. The summed E-state index contributed by atoms with van der Waals surface area (Å²) >= 11 is 12.2. The van der Waals surface area contributed by atoms with Gasteiger partial charge >= 0.3 is 0 Å². The number of nitrogens with zero attached hydrogens (tertiary/aromatic N) is 1.